The van der Waals surface area contributed by atoms with Crippen LogP contribution in [0.2, 0.25) is 0 Å². The fourth-order valence-corrected chi connectivity index (χ4v) is 1.68. The lowest BCUT2D eigenvalue weighted by atomic mass is 10.1. The maximum Gasteiger partial charge on any atom is 0.387 e. The maximum absolute atomic E-state index is 13.6. The van der Waals surface area contributed by atoms with Gasteiger partial charge in [0.25, 0.3) is 0 Å². The molecule has 0 atom stereocenters. The van der Waals surface area contributed by atoms with Crippen LogP contribution >= 0.6 is 0 Å². The number of hydrogen-bond donors (Lipinski definition) is 0. The Labute approximate surface area is 111 Å². The number of aromatic nitrogens is 2. The first kappa shape index (κ1) is 12.4. The van der Waals surface area contributed by atoms with Gasteiger partial charge in [0.2, 0.25) is 5.82 Å². The van der Waals surface area contributed by atoms with Gasteiger partial charge in [0.05, 0.1) is 18.1 Å². The van der Waals surface area contributed by atoms with Crippen LogP contribution < -0.4 is 10.2 Å². The van der Waals surface area contributed by atoms with Crippen LogP contribution in [0, 0.1) is 5.82 Å². The number of ether oxygens (including phenoxy) is 1. The minimum atomic E-state index is -3.08. The van der Waals surface area contributed by atoms with Crippen LogP contribution in [-0.4, -0.2) is 22.8 Å². The Morgan fingerprint density at radius 2 is 2.05 bits per heavy atom. The molecule has 20 heavy (non-hydrogen) atoms. The lowest BCUT2D eigenvalue weighted by Crippen LogP contribution is -2.03. The molecule has 1 aromatic heterocycles. The number of nitrogens with zero attached hydrogens (tertiary/aromatic N) is 4. The summed E-state index contributed by atoms with van der Waals surface area (Å²) in [6.07, 6.45) is 2.88. The van der Waals surface area contributed by atoms with Crippen molar-refractivity contribution in [3.63, 3.8) is 0 Å². The average molecular weight is 279 g/mol. The van der Waals surface area contributed by atoms with Gasteiger partial charge in [0, 0.05) is 5.56 Å². The van der Waals surface area contributed by atoms with Crippen molar-refractivity contribution < 1.29 is 17.9 Å². The van der Waals surface area contributed by atoms with E-state index < -0.39 is 18.2 Å². The number of rotatable bonds is 3. The Balaban J connectivity index is 1.93. The van der Waals surface area contributed by atoms with Crippen LogP contribution in [0.25, 0.3) is 11.3 Å². The molecule has 0 N–H and O–H groups in total. The van der Waals surface area contributed by atoms with Crippen molar-refractivity contribution in [1.29, 1.82) is 0 Å². The molecule has 1 aliphatic rings. The predicted molar refractivity (Wildman–Crippen MR) is 63.4 cm³/mol. The molecule has 2 aromatic rings. The molecular formula is C12H6F3N4O. The van der Waals surface area contributed by atoms with Crippen LogP contribution in [0.5, 0.6) is 5.75 Å². The Morgan fingerprint density at radius 1 is 1.20 bits per heavy atom. The first-order valence-electron chi connectivity index (χ1n) is 5.49. The molecule has 0 spiro atoms. The maximum atomic E-state index is 13.6. The SMILES string of the molecule is Fc1cc(-c2cnc3c(n2)[N]N=C3)ccc1OC(F)F. The van der Waals surface area contributed by atoms with Gasteiger partial charge in [-0.2, -0.15) is 13.9 Å². The van der Waals surface area contributed by atoms with Crippen LogP contribution in [0.15, 0.2) is 29.5 Å². The third-order valence-corrected chi connectivity index (χ3v) is 2.56. The first-order chi connectivity index (χ1) is 9.63. The highest BCUT2D eigenvalue weighted by Crippen LogP contribution is 2.27. The van der Waals surface area contributed by atoms with E-state index in [1.807, 2.05) is 0 Å². The predicted octanol–water partition coefficient (Wildman–Crippen LogP) is 2.47. The van der Waals surface area contributed by atoms with Gasteiger partial charge >= 0.3 is 6.61 Å². The normalized spacial score (nSPS) is 12.4. The van der Waals surface area contributed by atoms with Crippen molar-refractivity contribution in [2.24, 2.45) is 5.10 Å². The van der Waals surface area contributed by atoms with E-state index in [9.17, 15) is 13.2 Å². The zero-order valence-corrected chi connectivity index (χ0v) is 9.80. The Hall–Kier alpha value is -2.64. The van der Waals surface area contributed by atoms with Crippen molar-refractivity contribution in [1.82, 2.24) is 15.4 Å². The summed E-state index contributed by atoms with van der Waals surface area (Å²) in [5, 5.41) is 3.65. The second-order valence-corrected chi connectivity index (χ2v) is 3.83. The van der Waals surface area contributed by atoms with Gasteiger partial charge in [-0.1, -0.05) is 0 Å². The van der Waals surface area contributed by atoms with Crippen molar-refractivity contribution in [3.8, 4) is 17.0 Å². The van der Waals surface area contributed by atoms with Gasteiger partial charge in [-0.3, -0.25) is 0 Å². The zero-order chi connectivity index (χ0) is 14.1. The monoisotopic (exact) mass is 279 g/mol. The van der Waals surface area contributed by atoms with E-state index in [2.05, 4.69) is 25.2 Å². The molecule has 0 aliphatic carbocycles. The van der Waals surface area contributed by atoms with E-state index in [-0.39, 0.29) is 0 Å². The molecule has 0 bridgehead atoms. The second kappa shape index (κ2) is 4.80. The summed E-state index contributed by atoms with van der Waals surface area (Å²) < 4.78 is 41.7. The van der Waals surface area contributed by atoms with E-state index in [1.165, 1.54) is 18.5 Å². The Kier molecular flexibility index (Phi) is 2.97. The lowest BCUT2D eigenvalue weighted by Gasteiger charge is -2.07. The third-order valence-electron chi connectivity index (χ3n) is 2.56. The number of fused-ring (bicyclic) bond motifs is 1. The minimum absolute atomic E-state index is 0.329. The highest BCUT2D eigenvalue weighted by molar-refractivity contribution is 5.85. The average Bonchev–Trinajstić information content (AvgIpc) is 2.87. The number of hydrogen-bond acceptors (Lipinski definition) is 4. The molecule has 101 valence electrons. The molecule has 0 unspecified atom stereocenters. The van der Waals surface area contributed by atoms with Crippen LogP contribution in [0.3, 0.4) is 0 Å². The van der Waals surface area contributed by atoms with Gasteiger partial charge in [-0.25, -0.2) is 14.4 Å². The van der Waals surface area contributed by atoms with Gasteiger partial charge < -0.3 is 4.74 Å². The Bertz CT molecular complexity index is 690. The molecule has 8 heteroatoms. The van der Waals surface area contributed by atoms with E-state index in [0.717, 1.165) is 12.1 Å². The third kappa shape index (κ3) is 2.27. The van der Waals surface area contributed by atoms with Gasteiger partial charge in [-0.05, 0) is 18.2 Å². The number of benzene rings is 1. The summed E-state index contributed by atoms with van der Waals surface area (Å²) in [4.78, 5) is 8.20. The van der Waals surface area contributed by atoms with E-state index in [1.54, 1.807) is 0 Å². The molecule has 2 heterocycles. The first-order valence-corrected chi connectivity index (χ1v) is 5.49. The van der Waals surface area contributed by atoms with Crippen LogP contribution in [-0.2, 0) is 0 Å². The van der Waals surface area contributed by atoms with E-state index in [0.29, 0.717) is 22.8 Å². The molecule has 0 saturated carbocycles. The highest BCUT2D eigenvalue weighted by atomic mass is 19.3. The highest BCUT2D eigenvalue weighted by Gasteiger charge is 2.15. The molecule has 0 fully saturated rings. The molecule has 0 saturated heterocycles. The molecule has 5 nitrogen and oxygen atoms in total. The smallest absolute Gasteiger partial charge is 0.387 e. The topological polar surface area (TPSA) is 61.5 Å². The summed E-state index contributed by atoms with van der Waals surface area (Å²) in [5.74, 6) is -1.10. The summed E-state index contributed by atoms with van der Waals surface area (Å²) in [5.41, 5.74) is 5.00. The number of alkyl halides is 2. The van der Waals surface area contributed by atoms with Crippen LogP contribution in [0.1, 0.15) is 5.69 Å². The zero-order valence-electron chi connectivity index (χ0n) is 9.80. The standard InChI is InChI=1S/C12H6F3N4O/c13-7-3-6(1-2-10(7)20-12(14)15)8-4-16-9-5-17-19-11(9)18-8/h1-5,12H. The summed E-state index contributed by atoms with van der Waals surface area (Å²) >= 11 is 0. The molecule has 1 radical (unpaired) electrons. The van der Waals surface area contributed by atoms with E-state index in [4.69, 9.17) is 0 Å². The van der Waals surface area contributed by atoms with Crippen molar-refractivity contribution >= 4 is 12.0 Å². The lowest BCUT2D eigenvalue weighted by molar-refractivity contribution is -0.0521. The number of halogens is 3. The van der Waals surface area contributed by atoms with Gasteiger partial charge in [0.1, 0.15) is 5.69 Å². The van der Waals surface area contributed by atoms with Crippen LogP contribution in [0.4, 0.5) is 19.0 Å². The van der Waals surface area contributed by atoms with E-state index >= 15 is 0 Å². The molecule has 1 aliphatic heterocycles. The summed E-state index contributed by atoms with van der Waals surface area (Å²) in [6, 6.07) is 3.57. The largest absolute Gasteiger partial charge is 0.432 e. The minimum Gasteiger partial charge on any atom is -0.432 e. The second-order valence-electron chi connectivity index (χ2n) is 3.83. The molecule has 3 rings (SSSR count). The molecule has 1 aromatic carbocycles. The fourth-order valence-electron chi connectivity index (χ4n) is 1.68. The summed E-state index contributed by atoms with van der Waals surface area (Å²) in [6.45, 7) is -3.08. The Morgan fingerprint density at radius 3 is 2.80 bits per heavy atom. The molecular weight excluding hydrogens is 273 g/mol. The van der Waals surface area contributed by atoms with Crippen molar-refractivity contribution in [2.45, 2.75) is 6.61 Å². The summed E-state index contributed by atoms with van der Waals surface area (Å²) in [7, 11) is 0. The quantitative estimate of drug-likeness (QED) is 0.867. The van der Waals surface area contributed by atoms with Crippen molar-refractivity contribution in [2.75, 3.05) is 0 Å². The van der Waals surface area contributed by atoms with Crippen molar-refractivity contribution in [3.05, 3.63) is 35.9 Å². The van der Waals surface area contributed by atoms with Gasteiger partial charge in [-0.15, -0.1) is 5.43 Å². The molecule has 0 amide bonds. The van der Waals surface area contributed by atoms with Gasteiger partial charge in [0.15, 0.2) is 11.6 Å². The fraction of sp³-hybridized carbons (Fsp3) is 0.0833.